The highest BCUT2D eigenvalue weighted by Gasteiger charge is 2.24. The van der Waals surface area contributed by atoms with Crippen molar-refractivity contribution in [3.63, 3.8) is 0 Å². The highest BCUT2D eigenvalue weighted by molar-refractivity contribution is 7.14. The summed E-state index contributed by atoms with van der Waals surface area (Å²) >= 11 is 1.28. The van der Waals surface area contributed by atoms with E-state index in [0.717, 1.165) is 6.42 Å². The van der Waals surface area contributed by atoms with Gasteiger partial charge in [-0.2, -0.15) is 0 Å². The Morgan fingerprint density at radius 3 is 2.84 bits per heavy atom. The summed E-state index contributed by atoms with van der Waals surface area (Å²) < 4.78 is 5.13. The summed E-state index contributed by atoms with van der Waals surface area (Å²) in [5, 5.41) is 4.76. The minimum atomic E-state index is -0.547. The molecule has 1 N–H and O–H groups in total. The van der Waals surface area contributed by atoms with E-state index in [0.29, 0.717) is 23.9 Å². The van der Waals surface area contributed by atoms with E-state index in [1.807, 2.05) is 0 Å². The smallest absolute Gasteiger partial charge is 0.413 e. The quantitative estimate of drug-likeness (QED) is 0.905. The summed E-state index contributed by atoms with van der Waals surface area (Å²) in [6.45, 7) is 6.07. The molecule has 0 saturated carbocycles. The van der Waals surface area contributed by atoms with Crippen molar-refractivity contribution in [2.45, 2.75) is 39.2 Å². The predicted molar refractivity (Wildman–Crippen MR) is 73.6 cm³/mol. The van der Waals surface area contributed by atoms with Crippen molar-refractivity contribution in [1.29, 1.82) is 0 Å². The van der Waals surface area contributed by atoms with E-state index in [2.05, 4.69) is 10.3 Å². The topological polar surface area (TPSA) is 71.5 Å². The van der Waals surface area contributed by atoms with Gasteiger partial charge in [-0.05, 0) is 27.2 Å². The van der Waals surface area contributed by atoms with Crippen molar-refractivity contribution < 1.29 is 14.3 Å². The van der Waals surface area contributed by atoms with Gasteiger partial charge in [-0.15, -0.1) is 11.3 Å². The van der Waals surface area contributed by atoms with E-state index >= 15 is 0 Å². The Balaban J connectivity index is 1.98. The van der Waals surface area contributed by atoms with Crippen LogP contribution in [-0.2, 0) is 9.53 Å². The minimum Gasteiger partial charge on any atom is -0.444 e. The summed E-state index contributed by atoms with van der Waals surface area (Å²) in [5.74, 6) is 0.674. The molecule has 104 valence electrons. The molecule has 2 rings (SSSR count). The van der Waals surface area contributed by atoms with Gasteiger partial charge in [0.1, 0.15) is 11.4 Å². The second-order valence-corrected chi connectivity index (χ2v) is 6.14. The van der Waals surface area contributed by atoms with Crippen LogP contribution in [0.4, 0.5) is 15.7 Å². The molecule has 1 aromatic rings. The monoisotopic (exact) mass is 283 g/mol. The highest BCUT2D eigenvalue weighted by atomic mass is 32.1. The van der Waals surface area contributed by atoms with E-state index < -0.39 is 11.7 Å². The number of nitrogens with zero attached hydrogens (tertiary/aromatic N) is 2. The van der Waals surface area contributed by atoms with Gasteiger partial charge in [0.2, 0.25) is 5.91 Å². The largest absolute Gasteiger partial charge is 0.444 e. The summed E-state index contributed by atoms with van der Waals surface area (Å²) in [5.41, 5.74) is -0.547. The molecule has 1 aromatic heterocycles. The molecule has 0 bridgehead atoms. The van der Waals surface area contributed by atoms with Crippen molar-refractivity contribution >= 4 is 34.3 Å². The molecule has 1 saturated heterocycles. The van der Waals surface area contributed by atoms with Crippen LogP contribution in [-0.4, -0.2) is 29.1 Å². The van der Waals surface area contributed by atoms with Gasteiger partial charge in [0.25, 0.3) is 0 Å². The average Bonchev–Trinajstić information content (AvgIpc) is 2.83. The van der Waals surface area contributed by atoms with Gasteiger partial charge in [-0.3, -0.25) is 15.0 Å². The number of ether oxygens (including phenoxy) is 1. The molecule has 6 nitrogen and oxygen atoms in total. The summed E-state index contributed by atoms with van der Waals surface area (Å²) in [4.78, 5) is 29.0. The second kappa shape index (κ2) is 5.16. The number of hydrogen-bond acceptors (Lipinski definition) is 5. The molecule has 7 heteroatoms. The fraction of sp³-hybridized carbons (Fsp3) is 0.583. The average molecular weight is 283 g/mol. The number of rotatable bonds is 2. The van der Waals surface area contributed by atoms with Crippen LogP contribution in [0.15, 0.2) is 5.38 Å². The van der Waals surface area contributed by atoms with Gasteiger partial charge in [0.05, 0.1) is 0 Å². The number of carbonyl (C=O) groups excluding carboxylic acids is 2. The molecule has 19 heavy (non-hydrogen) atoms. The van der Waals surface area contributed by atoms with Crippen molar-refractivity contribution in [3.05, 3.63) is 5.38 Å². The number of nitrogens with one attached hydrogen (secondary N) is 1. The third kappa shape index (κ3) is 3.66. The van der Waals surface area contributed by atoms with Crippen LogP contribution >= 0.6 is 11.3 Å². The first kappa shape index (κ1) is 13.8. The standard InChI is InChI=1S/C12H17N3O3S/c1-12(2,3)18-11(17)14-10-13-8(7-19-10)15-6-4-5-9(15)16/h7H,4-6H2,1-3H3,(H,13,14,17). The van der Waals surface area contributed by atoms with Crippen molar-refractivity contribution in [2.24, 2.45) is 0 Å². The second-order valence-electron chi connectivity index (χ2n) is 5.29. The van der Waals surface area contributed by atoms with Crippen LogP contribution in [0.1, 0.15) is 33.6 Å². The van der Waals surface area contributed by atoms with Crippen LogP contribution in [0.3, 0.4) is 0 Å². The lowest BCUT2D eigenvalue weighted by Crippen LogP contribution is -2.27. The lowest BCUT2D eigenvalue weighted by molar-refractivity contribution is -0.117. The van der Waals surface area contributed by atoms with E-state index in [1.165, 1.54) is 11.3 Å². The number of hydrogen-bond donors (Lipinski definition) is 1. The number of thiazole rings is 1. The van der Waals surface area contributed by atoms with Gasteiger partial charge in [-0.1, -0.05) is 0 Å². The first-order valence-corrected chi connectivity index (χ1v) is 6.99. The van der Waals surface area contributed by atoms with Crippen molar-refractivity contribution in [2.75, 3.05) is 16.8 Å². The van der Waals surface area contributed by atoms with E-state index in [1.54, 1.807) is 31.1 Å². The molecule has 1 fully saturated rings. The number of carbonyl (C=O) groups is 2. The molecule has 0 aliphatic carbocycles. The molecule has 0 aromatic carbocycles. The number of amides is 2. The number of anilines is 2. The highest BCUT2D eigenvalue weighted by Crippen LogP contribution is 2.26. The molecule has 0 radical (unpaired) electrons. The van der Waals surface area contributed by atoms with E-state index in [4.69, 9.17) is 4.74 Å². The predicted octanol–water partition coefficient (Wildman–Crippen LogP) is 2.62. The molecule has 2 amide bonds. The Bertz CT molecular complexity index is 493. The molecule has 0 atom stereocenters. The number of aromatic nitrogens is 1. The van der Waals surface area contributed by atoms with Gasteiger partial charge in [0, 0.05) is 18.3 Å². The van der Waals surface area contributed by atoms with Gasteiger partial charge < -0.3 is 4.74 Å². The summed E-state index contributed by atoms with van der Waals surface area (Å²) in [6, 6.07) is 0. The Morgan fingerprint density at radius 1 is 1.53 bits per heavy atom. The molecule has 1 aliphatic heterocycles. The van der Waals surface area contributed by atoms with Crippen LogP contribution < -0.4 is 10.2 Å². The molecular weight excluding hydrogens is 266 g/mol. The normalized spacial score (nSPS) is 15.7. The maximum Gasteiger partial charge on any atom is 0.413 e. The zero-order valence-corrected chi connectivity index (χ0v) is 12.0. The van der Waals surface area contributed by atoms with E-state index in [-0.39, 0.29) is 5.91 Å². The lowest BCUT2D eigenvalue weighted by atomic mass is 10.2. The fourth-order valence-electron chi connectivity index (χ4n) is 1.73. The Hall–Kier alpha value is -1.63. The maximum atomic E-state index is 11.6. The van der Waals surface area contributed by atoms with Gasteiger partial charge in [0.15, 0.2) is 5.13 Å². The zero-order valence-electron chi connectivity index (χ0n) is 11.2. The molecule has 0 unspecified atom stereocenters. The minimum absolute atomic E-state index is 0.0779. The molecule has 1 aliphatic rings. The van der Waals surface area contributed by atoms with Crippen LogP contribution in [0.5, 0.6) is 0 Å². The van der Waals surface area contributed by atoms with Crippen LogP contribution in [0.25, 0.3) is 0 Å². The first-order chi connectivity index (χ1) is 8.85. The Kier molecular flexibility index (Phi) is 3.75. The van der Waals surface area contributed by atoms with Crippen molar-refractivity contribution in [3.8, 4) is 0 Å². The third-order valence-corrected chi connectivity index (χ3v) is 3.20. The van der Waals surface area contributed by atoms with Gasteiger partial charge in [-0.25, -0.2) is 9.78 Å². The molecular formula is C12H17N3O3S. The molecule has 2 heterocycles. The maximum absolute atomic E-state index is 11.6. The van der Waals surface area contributed by atoms with Gasteiger partial charge >= 0.3 is 6.09 Å². The Morgan fingerprint density at radius 2 is 2.26 bits per heavy atom. The van der Waals surface area contributed by atoms with Crippen molar-refractivity contribution in [1.82, 2.24) is 4.98 Å². The molecule has 0 spiro atoms. The van der Waals surface area contributed by atoms with Crippen LogP contribution in [0, 0.1) is 0 Å². The van der Waals surface area contributed by atoms with E-state index in [9.17, 15) is 9.59 Å². The Labute approximate surface area is 115 Å². The van der Waals surface area contributed by atoms with Crippen LogP contribution in [0.2, 0.25) is 0 Å². The zero-order chi connectivity index (χ0) is 14.0. The fourth-order valence-corrected chi connectivity index (χ4v) is 2.41. The SMILES string of the molecule is CC(C)(C)OC(=O)Nc1nc(N2CCCC2=O)cs1. The summed E-state index contributed by atoms with van der Waals surface area (Å²) in [7, 11) is 0. The first-order valence-electron chi connectivity index (χ1n) is 6.11. The summed E-state index contributed by atoms with van der Waals surface area (Å²) in [6.07, 6.45) is 0.874. The lowest BCUT2D eigenvalue weighted by Gasteiger charge is -2.19. The third-order valence-electron chi connectivity index (χ3n) is 2.45.